The third-order valence-corrected chi connectivity index (χ3v) is 5.94. The second kappa shape index (κ2) is 6.73. The molecule has 3 heteroatoms. The highest BCUT2D eigenvalue weighted by atomic mass is 16.2. The topological polar surface area (TPSA) is 37.4 Å². The van der Waals surface area contributed by atoms with E-state index in [1.807, 2.05) is 48.2 Å². The van der Waals surface area contributed by atoms with Crippen LogP contribution in [0.2, 0.25) is 0 Å². The molecule has 0 fully saturated rings. The summed E-state index contributed by atoms with van der Waals surface area (Å²) >= 11 is 0. The Balaban J connectivity index is 1.93. The number of carbonyl (C=O) groups excluding carboxylic acids is 2. The van der Waals surface area contributed by atoms with E-state index in [0.29, 0.717) is 12.8 Å². The average molecular weight is 373 g/mol. The van der Waals surface area contributed by atoms with Crippen molar-refractivity contribution in [1.82, 2.24) is 0 Å². The molecule has 28 heavy (non-hydrogen) atoms. The number of rotatable bonds is 2. The van der Waals surface area contributed by atoms with Gasteiger partial charge in [0.15, 0.2) is 5.78 Å². The normalized spacial score (nSPS) is 21.7. The molecule has 1 heterocycles. The molecule has 0 aromatic heterocycles. The summed E-state index contributed by atoms with van der Waals surface area (Å²) in [5, 5.41) is 0. The first-order valence-corrected chi connectivity index (χ1v) is 9.98. The molecular formula is C25H27NO2. The Labute approximate surface area is 167 Å². The van der Waals surface area contributed by atoms with Crippen molar-refractivity contribution < 1.29 is 9.59 Å². The number of anilines is 1. The standard InChI is InChI=1S/C25H27NO2/c1-16-8-7-10-18(12-16)19-13-23(28)26(20-11-6-5-9-17(20)2)21-14-25(3,4)15-22(27)24(19)21/h5-12,19H,13-15H2,1-4H3. The van der Waals surface area contributed by atoms with Crippen LogP contribution in [0.15, 0.2) is 59.8 Å². The first-order chi connectivity index (χ1) is 13.3. The van der Waals surface area contributed by atoms with Gasteiger partial charge >= 0.3 is 0 Å². The van der Waals surface area contributed by atoms with Crippen molar-refractivity contribution in [1.29, 1.82) is 0 Å². The zero-order valence-corrected chi connectivity index (χ0v) is 17.1. The van der Waals surface area contributed by atoms with Crippen molar-refractivity contribution in [3.05, 3.63) is 76.5 Å². The highest BCUT2D eigenvalue weighted by Gasteiger charge is 2.44. The fraction of sp³-hybridized carbons (Fsp3) is 0.360. The number of carbonyl (C=O) groups is 2. The molecule has 0 radical (unpaired) electrons. The van der Waals surface area contributed by atoms with E-state index in [0.717, 1.165) is 40.1 Å². The number of allylic oxidation sites excluding steroid dienone is 2. The molecule has 1 amide bonds. The van der Waals surface area contributed by atoms with E-state index in [1.54, 1.807) is 0 Å². The van der Waals surface area contributed by atoms with E-state index >= 15 is 0 Å². The van der Waals surface area contributed by atoms with Gasteiger partial charge in [-0.15, -0.1) is 0 Å². The van der Waals surface area contributed by atoms with Crippen LogP contribution in [0.1, 0.15) is 55.7 Å². The molecule has 1 aliphatic carbocycles. The molecule has 1 aliphatic heterocycles. The van der Waals surface area contributed by atoms with Gasteiger partial charge in [0.05, 0.1) is 5.69 Å². The molecular weight excluding hydrogens is 346 g/mol. The van der Waals surface area contributed by atoms with Crippen LogP contribution >= 0.6 is 0 Å². The smallest absolute Gasteiger partial charge is 0.232 e. The number of para-hydroxylation sites is 1. The van der Waals surface area contributed by atoms with Gasteiger partial charge in [-0.05, 0) is 42.9 Å². The van der Waals surface area contributed by atoms with Crippen LogP contribution in [0, 0.1) is 19.3 Å². The predicted octanol–water partition coefficient (Wildman–Crippen LogP) is 5.47. The zero-order chi connectivity index (χ0) is 20.1. The third kappa shape index (κ3) is 3.19. The van der Waals surface area contributed by atoms with E-state index in [9.17, 15) is 9.59 Å². The van der Waals surface area contributed by atoms with Gasteiger partial charge in [-0.25, -0.2) is 0 Å². The monoisotopic (exact) mass is 373 g/mol. The number of Topliss-reactive ketones (excluding diaryl/α,β-unsaturated/α-hetero) is 1. The number of aryl methyl sites for hydroxylation is 2. The van der Waals surface area contributed by atoms with Gasteiger partial charge in [0.1, 0.15) is 0 Å². The molecule has 2 aromatic carbocycles. The summed E-state index contributed by atoms with van der Waals surface area (Å²) < 4.78 is 0. The van der Waals surface area contributed by atoms with E-state index < -0.39 is 0 Å². The van der Waals surface area contributed by atoms with E-state index in [4.69, 9.17) is 0 Å². The lowest BCUT2D eigenvalue weighted by Crippen LogP contribution is -2.44. The molecule has 2 aliphatic rings. The SMILES string of the molecule is Cc1cccc(C2CC(=O)N(c3ccccc3C)C3=C2C(=O)CC(C)(C)C3)c1. The van der Waals surface area contributed by atoms with Crippen LogP contribution in [-0.4, -0.2) is 11.7 Å². The van der Waals surface area contributed by atoms with Crippen molar-refractivity contribution in [3.63, 3.8) is 0 Å². The van der Waals surface area contributed by atoms with Crippen LogP contribution < -0.4 is 4.90 Å². The Morgan fingerprint density at radius 3 is 2.43 bits per heavy atom. The molecule has 0 saturated heterocycles. The lowest BCUT2D eigenvalue weighted by atomic mass is 9.69. The number of hydrogen-bond donors (Lipinski definition) is 0. The molecule has 0 saturated carbocycles. The largest absolute Gasteiger partial charge is 0.294 e. The predicted molar refractivity (Wildman–Crippen MR) is 112 cm³/mol. The minimum atomic E-state index is -0.147. The molecule has 3 nitrogen and oxygen atoms in total. The Kier molecular flexibility index (Phi) is 4.49. The number of ketones is 1. The van der Waals surface area contributed by atoms with Crippen LogP contribution in [0.3, 0.4) is 0 Å². The van der Waals surface area contributed by atoms with Crippen molar-refractivity contribution in [3.8, 4) is 0 Å². The fourth-order valence-electron chi connectivity index (χ4n) is 4.68. The number of amides is 1. The van der Waals surface area contributed by atoms with E-state index in [1.165, 1.54) is 0 Å². The van der Waals surface area contributed by atoms with Crippen LogP contribution in [0.4, 0.5) is 5.69 Å². The van der Waals surface area contributed by atoms with Crippen molar-refractivity contribution >= 4 is 17.4 Å². The Morgan fingerprint density at radius 2 is 1.71 bits per heavy atom. The summed E-state index contributed by atoms with van der Waals surface area (Å²) in [4.78, 5) is 28.5. The van der Waals surface area contributed by atoms with Gasteiger partial charge in [-0.1, -0.05) is 61.9 Å². The molecule has 0 spiro atoms. The van der Waals surface area contributed by atoms with Crippen LogP contribution in [0.25, 0.3) is 0 Å². The summed E-state index contributed by atoms with van der Waals surface area (Å²) in [6, 6.07) is 16.2. The van der Waals surface area contributed by atoms with Crippen molar-refractivity contribution in [2.75, 3.05) is 4.90 Å². The quantitative estimate of drug-likeness (QED) is 0.700. The summed E-state index contributed by atoms with van der Waals surface area (Å²) in [6.07, 6.45) is 1.60. The maximum atomic E-state index is 13.4. The van der Waals surface area contributed by atoms with E-state index in [2.05, 4.69) is 32.9 Å². The van der Waals surface area contributed by atoms with Gasteiger partial charge in [-0.2, -0.15) is 0 Å². The first kappa shape index (κ1) is 18.7. The second-order valence-electron chi connectivity index (χ2n) is 8.99. The molecule has 2 aromatic rings. The summed E-state index contributed by atoms with van der Waals surface area (Å²) in [5.74, 6) is 0.111. The van der Waals surface area contributed by atoms with Gasteiger partial charge < -0.3 is 0 Å². The molecule has 0 N–H and O–H groups in total. The van der Waals surface area contributed by atoms with Gasteiger partial charge in [-0.3, -0.25) is 14.5 Å². The summed E-state index contributed by atoms with van der Waals surface area (Å²) in [7, 11) is 0. The molecule has 4 rings (SSSR count). The van der Waals surface area contributed by atoms with Gasteiger partial charge in [0.2, 0.25) is 5.91 Å². The van der Waals surface area contributed by atoms with Gasteiger partial charge in [0, 0.05) is 30.0 Å². The zero-order valence-electron chi connectivity index (χ0n) is 17.1. The summed E-state index contributed by atoms with van der Waals surface area (Å²) in [5.41, 5.74) is 5.76. The number of nitrogens with zero attached hydrogens (tertiary/aromatic N) is 1. The van der Waals surface area contributed by atoms with Crippen LogP contribution in [-0.2, 0) is 9.59 Å². The maximum absolute atomic E-state index is 13.4. The van der Waals surface area contributed by atoms with Crippen molar-refractivity contribution in [2.24, 2.45) is 5.41 Å². The molecule has 0 bridgehead atoms. The van der Waals surface area contributed by atoms with Crippen LogP contribution in [0.5, 0.6) is 0 Å². The lowest BCUT2D eigenvalue weighted by molar-refractivity contribution is -0.121. The molecule has 1 unspecified atom stereocenters. The Hall–Kier alpha value is -2.68. The van der Waals surface area contributed by atoms with Crippen molar-refractivity contribution in [2.45, 2.75) is 52.9 Å². The molecule has 144 valence electrons. The Morgan fingerprint density at radius 1 is 0.964 bits per heavy atom. The number of hydrogen-bond acceptors (Lipinski definition) is 2. The number of benzene rings is 2. The lowest BCUT2D eigenvalue weighted by Gasteiger charge is -2.43. The fourth-order valence-corrected chi connectivity index (χ4v) is 4.68. The molecule has 1 atom stereocenters. The Bertz CT molecular complexity index is 999. The average Bonchev–Trinajstić information content (AvgIpc) is 2.61. The first-order valence-electron chi connectivity index (χ1n) is 9.98. The second-order valence-corrected chi connectivity index (χ2v) is 8.99. The maximum Gasteiger partial charge on any atom is 0.232 e. The third-order valence-electron chi connectivity index (χ3n) is 5.94. The van der Waals surface area contributed by atoms with E-state index in [-0.39, 0.29) is 23.0 Å². The summed E-state index contributed by atoms with van der Waals surface area (Å²) in [6.45, 7) is 8.30. The minimum absolute atomic E-state index is 0.0741. The minimum Gasteiger partial charge on any atom is -0.294 e. The highest BCUT2D eigenvalue weighted by Crippen LogP contribution is 2.48. The highest BCUT2D eigenvalue weighted by molar-refractivity contribution is 6.08. The van der Waals surface area contributed by atoms with Gasteiger partial charge in [0.25, 0.3) is 0 Å².